The highest BCUT2D eigenvalue weighted by Gasteiger charge is 2.57. The maximum Gasteiger partial charge on any atom is 0.392 e. The van der Waals surface area contributed by atoms with Crippen LogP contribution in [0, 0.1) is 11.3 Å². The second kappa shape index (κ2) is 6.02. The highest BCUT2D eigenvalue weighted by Crippen LogP contribution is 2.51. The zero-order valence-electron chi connectivity index (χ0n) is 12.1. The van der Waals surface area contributed by atoms with Crippen LogP contribution in [0.25, 0.3) is 0 Å². The van der Waals surface area contributed by atoms with Crippen LogP contribution >= 0.6 is 12.4 Å². The number of likely N-dealkylation sites (tertiary alicyclic amines) is 2. The molecular weight excluding hydrogens is 309 g/mol. The summed E-state index contributed by atoms with van der Waals surface area (Å²) >= 11 is 0. The molecule has 2 aliphatic heterocycles. The fraction of sp³-hybridized carbons (Fsp3) is 0.846. The largest absolute Gasteiger partial charge is 0.392 e. The van der Waals surface area contributed by atoms with E-state index in [-0.39, 0.29) is 24.9 Å². The van der Waals surface area contributed by atoms with Gasteiger partial charge in [0.2, 0.25) is 11.8 Å². The molecule has 2 rings (SSSR count). The monoisotopic (exact) mass is 328 g/mol. The molecule has 122 valence electrons. The van der Waals surface area contributed by atoms with Crippen molar-refractivity contribution in [2.24, 2.45) is 11.3 Å². The van der Waals surface area contributed by atoms with Crippen molar-refractivity contribution in [3.63, 3.8) is 0 Å². The molecule has 2 amide bonds. The molecule has 0 aromatic heterocycles. The molecule has 2 heterocycles. The summed E-state index contributed by atoms with van der Waals surface area (Å²) < 4.78 is 39.8. The van der Waals surface area contributed by atoms with Gasteiger partial charge in [-0.15, -0.1) is 12.4 Å². The van der Waals surface area contributed by atoms with Gasteiger partial charge in [-0.1, -0.05) is 0 Å². The molecule has 0 bridgehead atoms. The normalized spacial score (nSPS) is 25.8. The van der Waals surface area contributed by atoms with Crippen LogP contribution in [0.4, 0.5) is 13.2 Å². The molecule has 0 saturated carbocycles. The first-order valence-electron chi connectivity index (χ1n) is 6.72. The van der Waals surface area contributed by atoms with Crippen molar-refractivity contribution in [1.29, 1.82) is 0 Å². The Morgan fingerprint density at radius 3 is 2.24 bits per heavy atom. The first kappa shape index (κ1) is 18.1. The van der Waals surface area contributed by atoms with Crippen LogP contribution in [0.3, 0.4) is 0 Å². The molecule has 21 heavy (non-hydrogen) atoms. The summed E-state index contributed by atoms with van der Waals surface area (Å²) in [6, 6.07) is 0. The van der Waals surface area contributed by atoms with Crippen molar-refractivity contribution in [3.8, 4) is 0 Å². The molecule has 8 heteroatoms. The summed E-state index contributed by atoms with van der Waals surface area (Å²) in [5, 5.41) is 0. The molecule has 0 aromatic rings. The standard InChI is InChI=1S/C13H19F3N2O2.ClH/c1-9(19)18-5-3-12(4-6-18)8-17(2)11(20)7-10(12)13(14,15)16;/h10H,3-8H2,1-2H3;1H/t10-;/m0./s1. The number of carbonyl (C=O) groups excluding carboxylic acids is 2. The topological polar surface area (TPSA) is 40.6 Å². The van der Waals surface area contributed by atoms with Gasteiger partial charge in [0.25, 0.3) is 0 Å². The van der Waals surface area contributed by atoms with Crippen LogP contribution in [0.5, 0.6) is 0 Å². The number of carbonyl (C=O) groups is 2. The quantitative estimate of drug-likeness (QED) is 0.683. The summed E-state index contributed by atoms with van der Waals surface area (Å²) in [6.45, 7) is 2.23. The average molecular weight is 329 g/mol. The van der Waals surface area contributed by atoms with Crippen LogP contribution < -0.4 is 0 Å². The van der Waals surface area contributed by atoms with E-state index in [1.807, 2.05) is 0 Å². The molecule has 0 unspecified atom stereocenters. The van der Waals surface area contributed by atoms with Crippen molar-refractivity contribution in [2.75, 3.05) is 26.7 Å². The Morgan fingerprint density at radius 2 is 1.81 bits per heavy atom. The minimum atomic E-state index is -4.37. The average Bonchev–Trinajstić information content (AvgIpc) is 2.33. The third-order valence-corrected chi connectivity index (χ3v) is 4.70. The summed E-state index contributed by atoms with van der Waals surface area (Å²) in [7, 11) is 1.55. The van der Waals surface area contributed by atoms with Gasteiger partial charge in [-0.2, -0.15) is 13.2 Å². The second-order valence-corrected chi connectivity index (χ2v) is 5.92. The first-order chi connectivity index (χ1) is 9.16. The van der Waals surface area contributed by atoms with Crippen molar-refractivity contribution in [3.05, 3.63) is 0 Å². The lowest BCUT2D eigenvalue weighted by molar-refractivity contribution is -0.229. The van der Waals surface area contributed by atoms with E-state index in [2.05, 4.69) is 0 Å². The van der Waals surface area contributed by atoms with E-state index in [0.717, 1.165) is 0 Å². The summed E-state index contributed by atoms with van der Waals surface area (Å²) in [6.07, 6.45) is -4.24. The Balaban J connectivity index is 0.00000220. The Labute approximate surface area is 128 Å². The van der Waals surface area contributed by atoms with Crippen molar-refractivity contribution in [2.45, 2.75) is 32.4 Å². The number of alkyl halides is 3. The smallest absolute Gasteiger partial charge is 0.345 e. The van der Waals surface area contributed by atoms with E-state index in [9.17, 15) is 22.8 Å². The maximum atomic E-state index is 13.3. The van der Waals surface area contributed by atoms with E-state index in [0.29, 0.717) is 25.9 Å². The molecule has 2 saturated heterocycles. The predicted molar refractivity (Wildman–Crippen MR) is 73.0 cm³/mol. The van der Waals surface area contributed by atoms with E-state index < -0.39 is 29.8 Å². The Kier molecular flexibility index (Phi) is 5.18. The molecule has 1 atom stereocenters. The lowest BCUT2D eigenvalue weighted by Crippen LogP contribution is -2.58. The number of rotatable bonds is 0. The fourth-order valence-electron chi connectivity index (χ4n) is 3.45. The molecule has 2 fully saturated rings. The van der Waals surface area contributed by atoms with Crippen molar-refractivity contribution >= 4 is 24.2 Å². The minimum Gasteiger partial charge on any atom is -0.345 e. The number of hydrogen-bond donors (Lipinski definition) is 0. The van der Waals surface area contributed by atoms with Gasteiger partial charge < -0.3 is 9.80 Å². The van der Waals surface area contributed by atoms with Crippen LogP contribution in [0.1, 0.15) is 26.2 Å². The Bertz CT molecular complexity index is 420. The number of halogens is 4. The van der Waals surface area contributed by atoms with Crippen LogP contribution in [-0.4, -0.2) is 54.5 Å². The van der Waals surface area contributed by atoms with Gasteiger partial charge in [-0.25, -0.2) is 0 Å². The minimum absolute atomic E-state index is 0. The van der Waals surface area contributed by atoms with Gasteiger partial charge >= 0.3 is 6.18 Å². The molecule has 0 N–H and O–H groups in total. The molecule has 0 aliphatic carbocycles. The molecule has 0 aromatic carbocycles. The number of amides is 2. The van der Waals surface area contributed by atoms with E-state index in [4.69, 9.17) is 0 Å². The van der Waals surface area contributed by atoms with Gasteiger partial charge in [-0.05, 0) is 12.8 Å². The molecular formula is C13H20ClF3N2O2. The van der Waals surface area contributed by atoms with E-state index >= 15 is 0 Å². The number of hydrogen-bond acceptors (Lipinski definition) is 2. The maximum absolute atomic E-state index is 13.3. The van der Waals surface area contributed by atoms with Crippen LogP contribution in [0.15, 0.2) is 0 Å². The van der Waals surface area contributed by atoms with Gasteiger partial charge in [-0.3, -0.25) is 9.59 Å². The fourth-order valence-corrected chi connectivity index (χ4v) is 3.45. The lowest BCUT2D eigenvalue weighted by Gasteiger charge is -2.51. The summed E-state index contributed by atoms with van der Waals surface area (Å²) in [5.41, 5.74) is -0.938. The van der Waals surface area contributed by atoms with E-state index in [1.165, 1.54) is 11.8 Å². The SMILES string of the molecule is CC(=O)N1CCC2(CC1)CN(C)C(=O)C[C@@H]2C(F)(F)F.Cl. The van der Waals surface area contributed by atoms with Gasteiger partial charge in [0.05, 0.1) is 5.92 Å². The van der Waals surface area contributed by atoms with Gasteiger partial charge in [0.1, 0.15) is 0 Å². The Hall–Kier alpha value is -0.980. The third-order valence-electron chi connectivity index (χ3n) is 4.70. The Morgan fingerprint density at radius 1 is 1.29 bits per heavy atom. The zero-order chi connectivity index (χ0) is 15.1. The first-order valence-corrected chi connectivity index (χ1v) is 6.72. The number of piperidine rings is 2. The molecule has 2 aliphatic rings. The molecule has 0 radical (unpaired) electrons. The third kappa shape index (κ3) is 3.44. The summed E-state index contributed by atoms with van der Waals surface area (Å²) in [5.74, 6) is -2.15. The van der Waals surface area contributed by atoms with E-state index in [1.54, 1.807) is 11.9 Å². The number of nitrogens with zero attached hydrogens (tertiary/aromatic N) is 2. The second-order valence-electron chi connectivity index (χ2n) is 5.92. The van der Waals surface area contributed by atoms with Gasteiger partial charge in [0.15, 0.2) is 0 Å². The molecule has 1 spiro atoms. The lowest BCUT2D eigenvalue weighted by atomic mass is 9.64. The van der Waals surface area contributed by atoms with Crippen LogP contribution in [-0.2, 0) is 9.59 Å². The van der Waals surface area contributed by atoms with Crippen molar-refractivity contribution < 1.29 is 22.8 Å². The summed E-state index contributed by atoms with van der Waals surface area (Å²) in [4.78, 5) is 25.9. The highest BCUT2D eigenvalue weighted by atomic mass is 35.5. The molecule has 4 nitrogen and oxygen atoms in total. The predicted octanol–water partition coefficient (Wildman–Crippen LogP) is 2.08. The van der Waals surface area contributed by atoms with Crippen molar-refractivity contribution in [1.82, 2.24) is 9.80 Å². The highest BCUT2D eigenvalue weighted by molar-refractivity contribution is 5.85. The zero-order valence-corrected chi connectivity index (χ0v) is 12.9. The van der Waals surface area contributed by atoms with Gasteiger partial charge in [0, 0.05) is 45.4 Å². The van der Waals surface area contributed by atoms with Crippen LogP contribution in [0.2, 0.25) is 0 Å².